The maximum absolute atomic E-state index is 13.1. The van der Waals surface area contributed by atoms with Gasteiger partial charge in [0.2, 0.25) is 11.8 Å². The molecule has 1 aromatic heterocycles. The molecule has 1 heterocycles. The van der Waals surface area contributed by atoms with Crippen molar-refractivity contribution < 1.29 is 18.7 Å². The molecule has 2 unspecified atom stereocenters. The van der Waals surface area contributed by atoms with Gasteiger partial charge in [0, 0.05) is 29.7 Å². The first-order valence-corrected chi connectivity index (χ1v) is 8.15. The van der Waals surface area contributed by atoms with Crippen molar-refractivity contribution in [1.82, 2.24) is 5.32 Å². The molecule has 0 aliphatic heterocycles. The van der Waals surface area contributed by atoms with Crippen LogP contribution in [0, 0.1) is 5.92 Å². The maximum atomic E-state index is 13.1. The lowest BCUT2D eigenvalue weighted by Gasteiger charge is -2.28. The van der Waals surface area contributed by atoms with Crippen LogP contribution in [-0.4, -0.2) is 23.0 Å². The third-order valence-electron chi connectivity index (χ3n) is 3.92. The van der Waals surface area contributed by atoms with Crippen molar-refractivity contribution in [2.75, 3.05) is 0 Å². The maximum Gasteiger partial charge on any atom is 0.248 e. The second-order valence-corrected chi connectivity index (χ2v) is 6.79. The van der Waals surface area contributed by atoms with E-state index in [0.29, 0.717) is 6.42 Å². The zero-order chi connectivity index (χ0) is 15.5. The van der Waals surface area contributed by atoms with Gasteiger partial charge in [-0.3, -0.25) is 4.79 Å². The number of amides is 1. The molecule has 3 nitrogen and oxygen atoms in total. The van der Waals surface area contributed by atoms with Crippen LogP contribution in [0.4, 0.5) is 8.78 Å². The van der Waals surface area contributed by atoms with Crippen molar-refractivity contribution in [1.29, 1.82) is 0 Å². The average molecular weight is 317 g/mol. The Labute approximate surface area is 127 Å². The van der Waals surface area contributed by atoms with E-state index in [1.807, 2.05) is 24.4 Å². The first-order chi connectivity index (χ1) is 9.87. The monoisotopic (exact) mass is 317 g/mol. The van der Waals surface area contributed by atoms with Crippen molar-refractivity contribution in [3.8, 4) is 0 Å². The van der Waals surface area contributed by atoms with E-state index in [1.54, 1.807) is 0 Å². The summed E-state index contributed by atoms with van der Waals surface area (Å²) in [6.07, 6.45) is -0.127. The second kappa shape index (κ2) is 6.83. The van der Waals surface area contributed by atoms with E-state index in [1.165, 1.54) is 11.3 Å². The number of halogens is 2. The van der Waals surface area contributed by atoms with Crippen LogP contribution in [0.15, 0.2) is 17.5 Å². The molecule has 2 rings (SSSR count). The van der Waals surface area contributed by atoms with E-state index in [-0.39, 0.29) is 43.6 Å². The van der Waals surface area contributed by atoms with E-state index in [0.717, 1.165) is 4.88 Å². The van der Waals surface area contributed by atoms with Crippen molar-refractivity contribution in [3.05, 3.63) is 22.4 Å². The van der Waals surface area contributed by atoms with Gasteiger partial charge < -0.3 is 10.4 Å². The van der Waals surface area contributed by atoms with Crippen LogP contribution in [0.1, 0.15) is 50.0 Å². The Morgan fingerprint density at radius 2 is 2.19 bits per heavy atom. The number of aliphatic hydroxyl groups is 1. The fourth-order valence-electron chi connectivity index (χ4n) is 2.65. The Kier molecular flexibility index (Phi) is 5.32. The number of hydrogen-bond acceptors (Lipinski definition) is 3. The molecule has 1 saturated carbocycles. The van der Waals surface area contributed by atoms with Gasteiger partial charge in [0.1, 0.15) is 0 Å². The van der Waals surface area contributed by atoms with E-state index in [9.17, 15) is 18.7 Å². The number of carbonyl (C=O) groups is 1. The molecule has 1 aromatic rings. The Morgan fingerprint density at radius 3 is 2.76 bits per heavy atom. The molecule has 2 N–H and O–H groups in total. The van der Waals surface area contributed by atoms with Crippen LogP contribution in [-0.2, 0) is 4.79 Å². The van der Waals surface area contributed by atoms with Gasteiger partial charge in [0.15, 0.2) is 0 Å². The van der Waals surface area contributed by atoms with Gasteiger partial charge in [-0.25, -0.2) is 8.78 Å². The Balaban J connectivity index is 1.77. The topological polar surface area (TPSA) is 49.3 Å². The highest BCUT2D eigenvalue weighted by Gasteiger charge is 2.37. The van der Waals surface area contributed by atoms with Crippen LogP contribution in [0.5, 0.6) is 0 Å². The zero-order valence-corrected chi connectivity index (χ0v) is 12.8. The fourth-order valence-corrected chi connectivity index (χ4v) is 3.38. The Morgan fingerprint density at radius 1 is 1.52 bits per heavy atom. The summed E-state index contributed by atoms with van der Waals surface area (Å²) in [5.74, 6) is -3.11. The van der Waals surface area contributed by atoms with Crippen LogP contribution < -0.4 is 5.32 Å². The number of alkyl halides is 2. The first-order valence-electron chi connectivity index (χ1n) is 7.27. The van der Waals surface area contributed by atoms with Gasteiger partial charge >= 0.3 is 0 Å². The highest BCUT2D eigenvalue weighted by atomic mass is 32.1. The van der Waals surface area contributed by atoms with Gasteiger partial charge in [0.05, 0.1) is 6.10 Å². The summed E-state index contributed by atoms with van der Waals surface area (Å²) in [6, 6.07) is 3.54. The quantitative estimate of drug-likeness (QED) is 0.873. The lowest BCUT2D eigenvalue weighted by Crippen LogP contribution is -2.40. The number of rotatable bonds is 5. The number of thiophene rings is 1. The zero-order valence-electron chi connectivity index (χ0n) is 12.0. The van der Waals surface area contributed by atoms with Crippen LogP contribution >= 0.6 is 11.3 Å². The summed E-state index contributed by atoms with van der Waals surface area (Å²) in [7, 11) is 0. The lowest BCUT2D eigenvalue weighted by molar-refractivity contribution is -0.129. The summed E-state index contributed by atoms with van der Waals surface area (Å²) in [5, 5.41) is 14.8. The molecular weight excluding hydrogens is 296 g/mol. The van der Waals surface area contributed by atoms with Crippen LogP contribution in [0.2, 0.25) is 0 Å². The molecule has 0 radical (unpaired) electrons. The summed E-state index contributed by atoms with van der Waals surface area (Å²) >= 11 is 1.47. The summed E-state index contributed by atoms with van der Waals surface area (Å²) in [6.45, 7) is 1.83. The van der Waals surface area contributed by atoms with E-state index in [4.69, 9.17) is 0 Å². The number of hydrogen-bond donors (Lipinski definition) is 2. The van der Waals surface area contributed by atoms with Gasteiger partial charge in [0.25, 0.3) is 0 Å². The normalized spacial score (nSPS) is 21.7. The highest BCUT2D eigenvalue weighted by molar-refractivity contribution is 7.10. The smallest absolute Gasteiger partial charge is 0.248 e. The molecule has 1 aliphatic rings. The summed E-state index contributed by atoms with van der Waals surface area (Å²) in [4.78, 5) is 12.9. The van der Waals surface area contributed by atoms with Crippen molar-refractivity contribution in [2.45, 2.75) is 57.1 Å². The summed E-state index contributed by atoms with van der Waals surface area (Å²) in [5.41, 5.74) is 0. The molecule has 21 heavy (non-hydrogen) atoms. The third kappa shape index (κ3) is 4.74. The predicted molar refractivity (Wildman–Crippen MR) is 78.4 cm³/mol. The SMILES string of the molecule is CC(CC(O)c1cccs1)NC(=O)C1CCC(F)(F)CC1. The highest BCUT2D eigenvalue weighted by Crippen LogP contribution is 2.36. The third-order valence-corrected chi connectivity index (χ3v) is 4.90. The van der Waals surface area contributed by atoms with Crippen molar-refractivity contribution in [3.63, 3.8) is 0 Å². The Hall–Kier alpha value is -1.01. The minimum atomic E-state index is -2.61. The molecule has 6 heteroatoms. The summed E-state index contributed by atoms with van der Waals surface area (Å²) < 4.78 is 26.1. The number of nitrogens with one attached hydrogen (secondary N) is 1. The van der Waals surface area contributed by atoms with E-state index < -0.39 is 12.0 Å². The first kappa shape index (κ1) is 16.4. The van der Waals surface area contributed by atoms with Gasteiger partial charge in [-0.2, -0.15) is 0 Å². The predicted octanol–water partition coefficient (Wildman–Crippen LogP) is 3.50. The number of aliphatic hydroxyl groups excluding tert-OH is 1. The van der Waals surface area contributed by atoms with Gasteiger partial charge in [-0.1, -0.05) is 6.07 Å². The average Bonchev–Trinajstić information content (AvgIpc) is 2.92. The minimum Gasteiger partial charge on any atom is -0.387 e. The molecular formula is C15H21F2NO2S. The van der Waals surface area contributed by atoms with E-state index >= 15 is 0 Å². The fraction of sp³-hybridized carbons (Fsp3) is 0.667. The molecule has 0 saturated heterocycles. The van der Waals surface area contributed by atoms with Crippen LogP contribution in [0.25, 0.3) is 0 Å². The molecule has 0 spiro atoms. The van der Waals surface area contributed by atoms with Crippen LogP contribution in [0.3, 0.4) is 0 Å². The molecule has 2 atom stereocenters. The molecule has 0 bridgehead atoms. The lowest BCUT2D eigenvalue weighted by atomic mass is 9.86. The molecule has 118 valence electrons. The second-order valence-electron chi connectivity index (χ2n) is 5.81. The molecule has 0 aromatic carbocycles. The molecule has 1 aliphatic carbocycles. The minimum absolute atomic E-state index is 0.170. The molecule has 1 amide bonds. The number of carbonyl (C=O) groups excluding carboxylic acids is 1. The van der Waals surface area contributed by atoms with E-state index in [2.05, 4.69) is 5.32 Å². The van der Waals surface area contributed by atoms with Crippen molar-refractivity contribution >= 4 is 17.2 Å². The molecule has 1 fully saturated rings. The van der Waals surface area contributed by atoms with Crippen molar-refractivity contribution in [2.24, 2.45) is 5.92 Å². The van der Waals surface area contributed by atoms with Gasteiger partial charge in [-0.05, 0) is 37.6 Å². The van der Waals surface area contributed by atoms with Gasteiger partial charge in [-0.15, -0.1) is 11.3 Å². The standard InChI is InChI=1S/C15H21F2NO2S/c1-10(9-12(19)13-3-2-8-21-13)18-14(20)11-4-6-15(16,17)7-5-11/h2-3,8,10-12,19H,4-7,9H2,1H3,(H,18,20). The largest absolute Gasteiger partial charge is 0.387 e. The Bertz CT molecular complexity index is 454.